The van der Waals surface area contributed by atoms with Crippen LogP contribution in [0.3, 0.4) is 0 Å². The average molecular weight is 393 g/mol. The van der Waals surface area contributed by atoms with Gasteiger partial charge in [0, 0.05) is 26.6 Å². The lowest BCUT2D eigenvalue weighted by atomic mass is 9.86. The maximum atomic E-state index is 13.2. The van der Waals surface area contributed by atoms with Crippen molar-refractivity contribution in [3.8, 4) is 0 Å². The Morgan fingerprint density at radius 3 is 2.64 bits per heavy atom. The number of anilines is 2. The van der Waals surface area contributed by atoms with Gasteiger partial charge in [-0.15, -0.1) is 0 Å². The van der Waals surface area contributed by atoms with Crippen LogP contribution in [-0.4, -0.2) is 35.7 Å². The molecule has 3 atom stereocenters. The molecule has 1 heterocycles. The van der Waals surface area contributed by atoms with E-state index in [0.29, 0.717) is 24.8 Å². The van der Waals surface area contributed by atoms with E-state index in [4.69, 9.17) is 10.5 Å². The first-order valence-corrected chi connectivity index (χ1v) is 10.2. The zero-order valence-electron chi connectivity index (χ0n) is 17.1. The molecule has 2 aliphatic carbocycles. The molecular formula is C20H32N4O4. The largest absolute Gasteiger partial charge is 0.383 e. The molecule has 0 spiro atoms. The molecule has 1 amide bonds. The van der Waals surface area contributed by atoms with Gasteiger partial charge in [0.25, 0.3) is 5.56 Å². The standard InChI is InChI=1S/C20H32N4O4/c1-12(2)11-24-18(21)17(19(26)22-20(24)27)23(6-7-28-3)16(25)10-15-9-13-4-5-14(15)8-13/h12-15H,4-11,21H2,1-3H3,(H,22,26,27). The van der Waals surface area contributed by atoms with Crippen LogP contribution in [0.1, 0.15) is 46.0 Å². The highest BCUT2D eigenvalue weighted by molar-refractivity contribution is 5.95. The Kier molecular flexibility index (Phi) is 6.27. The second-order valence-electron chi connectivity index (χ2n) is 8.67. The molecule has 1 aromatic heterocycles. The average Bonchev–Trinajstić information content (AvgIpc) is 3.24. The molecule has 2 bridgehead atoms. The molecular weight excluding hydrogens is 360 g/mol. The molecule has 28 heavy (non-hydrogen) atoms. The fraction of sp³-hybridized carbons (Fsp3) is 0.750. The van der Waals surface area contributed by atoms with E-state index in [1.807, 2.05) is 13.8 Å². The van der Waals surface area contributed by atoms with Crippen molar-refractivity contribution in [1.82, 2.24) is 9.55 Å². The van der Waals surface area contributed by atoms with Gasteiger partial charge in [-0.25, -0.2) is 4.79 Å². The zero-order chi connectivity index (χ0) is 20.4. The van der Waals surface area contributed by atoms with Crippen LogP contribution >= 0.6 is 0 Å². The molecule has 8 heteroatoms. The van der Waals surface area contributed by atoms with E-state index in [-0.39, 0.29) is 36.5 Å². The molecule has 0 aromatic carbocycles. The molecule has 0 radical (unpaired) electrons. The van der Waals surface area contributed by atoms with Crippen molar-refractivity contribution in [1.29, 1.82) is 0 Å². The summed E-state index contributed by atoms with van der Waals surface area (Å²) >= 11 is 0. The predicted molar refractivity (Wildman–Crippen MR) is 108 cm³/mol. The first-order chi connectivity index (χ1) is 13.3. The Morgan fingerprint density at radius 1 is 1.32 bits per heavy atom. The number of nitrogens with zero attached hydrogens (tertiary/aromatic N) is 2. The number of fused-ring (bicyclic) bond motifs is 2. The van der Waals surface area contributed by atoms with Crippen molar-refractivity contribution >= 4 is 17.4 Å². The van der Waals surface area contributed by atoms with Gasteiger partial charge in [-0.05, 0) is 42.9 Å². The van der Waals surface area contributed by atoms with Gasteiger partial charge >= 0.3 is 5.69 Å². The fourth-order valence-electron chi connectivity index (χ4n) is 4.89. The lowest BCUT2D eigenvalue weighted by Crippen LogP contribution is -2.43. The van der Waals surface area contributed by atoms with Gasteiger partial charge in [0.05, 0.1) is 6.61 Å². The highest BCUT2D eigenvalue weighted by atomic mass is 16.5. The molecule has 2 fully saturated rings. The number of nitrogens with two attached hydrogens (primary N) is 1. The summed E-state index contributed by atoms with van der Waals surface area (Å²) in [5.41, 5.74) is 5.11. The smallest absolute Gasteiger partial charge is 0.330 e. The van der Waals surface area contributed by atoms with Crippen LogP contribution in [0.5, 0.6) is 0 Å². The van der Waals surface area contributed by atoms with E-state index >= 15 is 0 Å². The summed E-state index contributed by atoms with van der Waals surface area (Å²) < 4.78 is 6.49. The number of amides is 1. The Hall–Kier alpha value is -2.09. The van der Waals surface area contributed by atoms with E-state index in [1.54, 1.807) is 7.11 Å². The minimum Gasteiger partial charge on any atom is -0.383 e. The molecule has 156 valence electrons. The Balaban J connectivity index is 1.91. The molecule has 1 aromatic rings. The Morgan fingerprint density at radius 2 is 2.07 bits per heavy atom. The normalized spacial score (nSPS) is 23.5. The van der Waals surface area contributed by atoms with Crippen molar-refractivity contribution < 1.29 is 9.53 Å². The molecule has 0 aliphatic heterocycles. The summed E-state index contributed by atoms with van der Waals surface area (Å²) in [7, 11) is 1.55. The van der Waals surface area contributed by atoms with E-state index in [0.717, 1.165) is 12.3 Å². The number of hydrogen-bond donors (Lipinski definition) is 2. The minimum atomic E-state index is -0.625. The molecule has 3 N–H and O–H groups in total. The first kappa shape index (κ1) is 20.6. The topological polar surface area (TPSA) is 110 Å². The number of H-pyrrole nitrogens is 1. The summed E-state index contributed by atoms with van der Waals surface area (Å²) in [4.78, 5) is 41.7. The molecule has 2 saturated carbocycles. The zero-order valence-corrected chi connectivity index (χ0v) is 17.1. The number of aromatic amines is 1. The lowest BCUT2D eigenvalue weighted by Gasteiger charge is -2.28. The van der Waals surface area contributed by atoms with Crippen molar-refractivity contribution in [3.05, 3.63) is 20.8 Å². The second kappa shape index (κ2) is 8.51. The summed E-state index contributed by atoms with van der Waals surface area (Å²) in [5, 5.41) is 0. The third kappa shape index (κ3) is 4.16. The number of hydrogen-bond acceptors (Lipinski definition) is 5. The molecule has 8 nitrogen and oxygen atoms in total. The summed E-state index contributed by atoms with van der Waals surface area (Å²) in [5.74, 6) is 1.82. The van der Waals surface area contributed by atoms with E-state index in [1.165, 1.54) is 28.7 Å². The second-order valence-corrected chi connectivity index (χ2v) is 8.67. The van der Waals surface area contributed by atoms with Gasteiger partial charge in [0.1, 0.15) is 5.82 Å². The predicted octanol–water partition coefficient (Wildman–Crippen LogP) is 1.58. The van der Waals surface area contributed by atoms with Crippen LogP contribution in [0.15, 0.2) is 9.59 Å². The van der Waals surface area contributed by atoms with Gasteiger partial charge in [-0.1, -0.05) is 20.3 Å². The first-order valence-electron chi connectivity index (χ1n) is 10.2. The number of carbonyl (C=O) groups excluding carboxylic acids is 1. The van der Waals surface area contributed by atoms with Crippen molar-refractivity contribution in [2.24, 2.45) is 23.7 Å². The number of ether oxygens (including phenoxy) is 1. The van der Waals surface area contributed by atoms with Crippen molar-refractivity contribution in [3.63, 3.8) is 0 Å². The van der Waals surface area contributed by atoms with Gasteiger partial charge in [-0.3, -0.25) is 19.1 Å². The number of rotatable bonds is 8. The van der Waals surface area contributed by atoms with Gasteiger partial charge in [0.2, 0.25) is 5.91 Å². The quantitative estimate of drug-likeness (QED) is 0.698. The number of nitrogens with one attached hydrogen (secondary N) is 1. The Bertz CT molecular complexity index is 828. The van der Waals surface area contributed by atoms with Crippen LogP contribution < -0.4 is 21.9 Å². The van der Waals surface area contributed by atoms with E-state index < -0.39 is 11.2 Å². The number of methoxy groups -OCH3 is 1. The molecule has 3 rings (SSSR count). The van der Waals surface area contributed by atoms with Crippen LogP contribution in [0, 0.1) is 23.7 Å². The summed E-state index contributed by atoms with van der Waals surface area (Å²) in [6, 6.07) is 0. The minimum absolute atomic E-state index is 0.0415. The maximum Gasteiger partial charge on any atom is 0.330 e. The summed E-state index contributed by atoms with van der Waals surface area (Å²) in [6.45, 7) is 4.79. The monoisotopic (exact) mass is 392 g/mol. The van der Waals surface area contributed by atoms with Gasteiger partial charge in [-0.2, -0.15) is 0 Å². The van der Waals surface area contributed by atoms with Gasteiger partial charge < -0.3 is 15.4 Å². The lowest BCUT2D eigenvalue weighted by molar-refractivity contribution is -0.120. The fourth-order valence-corrected chi connectivity index (χ4v) is 4.89. The number of carbonyl (C=O) groups is 1. The SMILES string of the molecule is COCCN(C(=O)CC1CC2CCC1C2)c1c(N)n(CC(C)C)c(=O)[nH]c1=O. The van der Waals surface area contributed by atoms with E-state index in [9.17, 15) is 14.4 Å². The molecule has 0 saturated heterocycles. The molecule has 3 unspecified atom stereocenters. The maximum absolute atomic E-state index is 13.2. The van der Waals surface area contributed by atoms with Crippen LogP contribution in [0.2, 0.25) is 0 Å². The van der Waals surface area contributed by atoms with Crippen LogP contribution in [0.4, 0.5) is 11.5 Å². The number of nitrogen functional groups attached to an aromatic ring is 1. The summed E-state index contributed by atoms with van der Waals surface area (Å²) in [6.07, 6.45) is 5.19. The third-order valence-corrected chi connectivity index (χ3v) is 6.17. The third-order valence-electron chi connectivity index (χ3n) is 6.17. The highest BCUT2D eigenvalue weighted by Crippen LogP contribution is 2.49. The Labute approximate surface area is 165 Å². The van der Waals surface area contributed by atoms with Crippen molar-refractivity contribution in [2.75, 3.05) is 30.9 Å². The van der Waals surface area contributed by atoms with Crippen LogP contribution in [0.25, 0.3) is 0 Å². The van der Waals surface area contributed by atoms with E-state index in [2.05, 4.69) is 4.98 Å². The van der Waals surface area contributed by atoms with Crippen LogP contribution in [-0.2, 0) is 16.1 Å². The molecule has 2 aliphatic rings. The highest BCUT2D eigenvalue weighted by Gasteiger charge is 2.41. The van der Waals surface area contributed by atoms with Gasteiger partial charge in [0.15, 0.2) is 5.69 Å². The number of aromatic nitrogens is 2. The van der Waals surface area contributed by atoms with Crippen molar-refractivity contribution in [2.45, 2.75) is 52.5 Å².